The maximum atomic E-state index is 12.3. The lowest BCUT2D eigenvalue weighted by molar-refractivity contribution is -0.132. The van der Waals surface area contributed by atoms with Crippen LogP contribution >= 0.6 is 11.3 Å². The summed E-state index contributed by atoms with van der Waals surface area (Å²) in [6.45, 7) is 1.50. The number of esters is 1. The molecule has 0 radical (unpaired) electrons. The van der Waals surface area contributed by atoms with Gasteiger partial charge in [-0.15, -0.1) is 0 Å². The maximum Gasteiger partial charge on any atom is 0.309 e. The molecule has 0 amide bonds. The highest BCUT2D eigenvalue weighted by Gasteiger charge is 2.23. The van der Waals surface area contributed by atoms with Crippen LogP contribution in [0.1, 0.15) is 38.2 Å². The first-order valence-electron chi connectivity index (χ1n) is 9.78. The Balaban J connectivity index is 1.56. The predicted octanol–water partition coefficient (Wildman–Crippen LogP) is 2.12. The average molecular weight is 430 g/mol. The minimum Gasteiger partial charge on any atom is -0.406 e. The van der Waals surface area contributed by atoms with Gasteiger partial charge in [-0.05, 0) is 30.5 Å². The molecule has 1 fully saturated rings. The van der Waals surface area contributed by atoms with Gasteiger partial charge in [-0.25, -0.2) is 4.98 Å². The molecule has 0 spiro atoms. The quantitative estimate of drug-likeness (QED) is 0.526. The van der Waals surface area contributed by atoms with Crippen molar-refractivity contribution in [1.29, 1.82) is 0 Å². The number of carbonyl (C=O) groups excluding carboxylic acids is 1. The average Bonchev–Trinajstić information content (AvgIpc) is 3.08. The number of thiazole rings is 1. The lowest BCUT2D eigenvalue weighted by Gasteiger charge is -2.27. The number of nitrogen functional groups attached to an aromatic ring is 1. The van der Waals surface area contributed by atoms with E-state index in [0.29, 0.717) is 0 Å². The topological polar surface area (TPSA) is 132 Å². The number of hydrogen-bond acceptors (Lipinski definition) is 9. The molecular formula is C20H23N5O4S. The van der Waals surface area contributed by atoms with Gasteiger partial charge in [0.25, 0.3) is 5.56 Å². The van der Waals surface area contributed by atoms with E-state index in [0.717, 1.165) is 46.6 Å². The van der Waals surface area contributed by atoms with Gasteiger partial charge in [0, 0.05) is 6.92 Å². The number of nitrogens with zero attached hydrogens (tertiary/aromatic N) is 3. The number of carbonyl (C=O) groups is 1. The molecule has 0 aliphatic heterocycles. The van der Waals surface area contributed by atoms with Crippen molar-refractivity contribution in [3.05, 3.63) is 40.3 Å². The molecule has 1 saturated carbocycles. The fraction of sp³-hybridized carbons (Fsp3) is 0.400. The largest absolute Gasteiger partial charge is 0.406 e. The van der Waals surface area contributed by atoms with Crippen LogP contribution in [0.5, 0.6) is 5.88 Å². The fourth-order valence-electron chi connectivity index (χ4n) is 3.61. The fourth-order valence-corrected chi connectivity index (χ4v) is 4.60. The van der Waals surface area contributed by atoms with Gasteiger partial charge < -0.3 is 25.5 Å². The smallest absolute Gasteiger partial charge is 0.309 e. The van der Waals surface area contributed by atoms with Gasteiger partial charge >= 0.3 is 5.97 Å². The molecule has 10 heteroatoms. The Morgan fingerprint density at radius 3 is 2.93 bits per heavy atom. The van der Waals surface area contributed by atoms with E-state index in [-0.39, 0.29) is 30.4 Å². The molecule has 1 aromatic carbocycles. The molecule has 2 aromatic heterocycles. The third-order valence-electron chi connectivity index (χ3n) is 5.07. The molecule has 1 aliphatic rings. The Bertz CT molecular complexity index is 1140. The number of benzene rings is 1. The van der Waals surface area contributed by atoms with Crippen LogP contribution in [0.4, 0.5) is 10.9 Å². The van der Waals surface area contributed by atoms with E-state index in [1.165, 1.54) is 29.0 Å². The molecule has 1 aliphatic carbocycles. The molecule has 2 atom stereocenters. The van der Waals surface area contributed by atoms with Crippen molar-refractivity contribution in [3.63, 3.8) is 0 Å². The van der Waals surface area contributed by atoms with Crippen molar-refractivity contribution in [2.75, 3.05) is 11.1 Å². The van der Waals surface area contributed by atoms with Crippen molar-refractivity contribution in [3.8, 4) is 5.88 Å². The van der Waals surface area contributed by atoms with Crippen molar-refractivity contribution in [2.45, 2.75) is 51.3 Å². The van der Waals surface area contributed by atoms with Gasteiger partial charge in [0.15, 0.2) is 10.9 Å². The van der Waals surface area contributed by atoms with E-state index in [1.54, 1.807) is 0 Å². The lowest BCUT2D eigenvalue weighted by atomic mass is 9.93. The summed E-state index contributed by atoms with van der Waals surface area (Å²) in [7, 11) is 0. The van der Waals surface area contributed by atoms with Crippen molar-refractivity contribution >= 4 is 38.5 Å². The molecular weight excluding hydrogens is 406 g/mol. The number of hydrogen-bond donors (Lipinski definition) is 3. The first-order chi connectivity index (χ1) is 14.4. The summed E-state index contributed by atoms with van der Waals surface area (Å²) >= 11 is 1.51. The number of aliphatic hydroxyl groups is 1. The summed E-state index contributed by atoms with van der Waals surface area (Å²) in [5.41, 5.74) is 6.94. The van der Waals surface area contributed by atoms with E-state index in [1.807, 2.05) is 18.2 Å². The van der Waals surface area contributed by atoms with Gasteiger partial charge in [-0.1, -0.05) is 30.2 Å². The molecule has 9 nitrogen and oxygen atoms in total. The molecule has 3 aromatic rings. The molecule has 2 heterocycles. The zero-order chi connectivity index (χ0) is 21.3. The predicted molar refractivity (Wildman–Crippen MR) is 115 cm³/mol. The van der Waals surface area contributed by atoms with Gasteiger partial charge in [0.1, 0.15) is 0 Å². The summed E-state index contributed by atoms with van der Waals surface area (Å²) in [4.78, 5) is 31.9. The number of aromatic nitrogens is 3. The monoisotopic (exact) mass is 429 g/mol. The van der Waals surface area contributed by atoms with Crippen molar-refractivity contribution in [2.24, 2.45) is 0 Å². The van der Waals surface area contributed by atoms with Gasteiger partial charge in [-0.3, -0.25) is 9.59 Å². The van der Waals surface area contributed by atoms with Crippen LogP contribution in [-0.4, -0.2) is 37.8 Å². The van der Waals surface area contributed by atoms with Crippen LogP contribution in [-0.2, 0) is 11.3 Å². The third kappa shape index (κ3) is 4.44. The minimum atomic E-state index is -0.540. The Labute approximate surface area is 176 Å². The minimum absolute atomic E-state index is 0.0176. The highest BCUT2D eigenvalue weighted by molar-refractivity contribution is 7.22. The lowest BCUT2D eigenvalue weighted by Crippen LogP contribution is -2.36. The zero-order valence-electron chi connectivity index (χ0n) is 16.5. The Morgan fingerprint density at radius 1 is 1.37 bits per heavy atom. The maximum absolute atomic E-state index is 12.3. The van der Waals surface area contributed by atoms with Crippen LogP contribution in [0.2, 0.25) is 0 Å². The molecule has 4 N–H and O–H groups in total. The zero-order valence-corrected chi connectivity index (χ0v) is 17.3. The molecule has 0 saturated heterocycles. The number of nitrogens with one attached hydrogen (secondary N) is 1. The molecule has 158 valence electrons. The Morgan fingerprint density at radius 2 is 2.17 bits per heavy atom. The number of fused-ring (bicyclic) bond motifs is 1. The second kappa shape index (κ2) is 8.41. The number of aliphatic hydroxyl groups excluding tert-OH is 1. The number of ether oxygens (including phenoxy) is 1. The summed E-state index contributed by atoms with van der Waals surface area (Å²) in [6, 6.07) is 5.77. The number of nitrogens with two attached hydrogens (primary N) is 1. The summed E-state index contributed by atoms with van der Waals surface area (Å²) in [6.07, 6.45) is 4.92. The summed E-state index contributed by atoms with van der Waals surface area (Å²) in [5.74, 6) is -0.789. The number of rotatable bonds is 5. The first kappa shape index (κ1) is 20.3. The van der Waals surface area contributed by atoms with Crippen LogP contribution in [0, 0.1) is 0 Å². The van der Waals surface area contributed by atoms with Gasteiger partial charge in [0.2, 0.25) is 5.88 Å². The Kier molecular flexibility index (Phi) is 5.69. The summed E-state index contributed by atoms with van der Waals surface area (Å²) in [5, 5.41) is 14.3. The number of anilines is 2. The molecule has 4 rings (SSSR count). The van der Waals surface area contributed by atoms with Crippen molar-refractivity contribution < 1.29 is 14.6 Å². The second-order valence-electron chi connectivity index (χ2n) is 7.41. The third-order valence-corrected chi connectivity index (χ3v) is 6.02. The Hall–Kier alpha value is -2.98. The highest BCUT2D eigenvalue weighted by Crippen LogP contribution is 2.30. The molecule has 30 heavy (non-hydrogen) atoms. The first-order valence-corrected chi connectivity index (χ1v) is 10.6. The molecule has 0 unspecified atom stereocenters. The van der Waals surface area contributed by atoms with E-state index in [2.05, 4.69) is 15.3 Å². The van der Waals surface area contributed by atoms with Gasteiger partial charge in [-0.2, -0.15) is 4.98 Å². The highest BCUT2D eigenvalue weighted by atomic mass is 32.1. The van der Waals surface area contributed by atoms with E-state index < -0.39 is 11.5 Å². The van der Waals surface area contributed by atoms with Crippen LogP contribution in [0.15, 0.2) is 29.2 Å². The van der Waals surface area contributed by atoms with E-state index >= 15 is 0 Å². The van der Waals surface area contributed by atoms with Crippen LogP contribution in [0.3, 0.4) is 0 Å². The molecule has 0 bridgehead atoms. The normalized spacial score (nSPS) is 19.0. The van der Waals surface area contributed by atoms with E-state index in [9.17, 15) is 14.7 Å². The SMILES string of the molecule is CC(=O)Oc1cn(Cc2ccc3nc(N[C@@H]4CCCC[C@H]4O)sc3c2)c(=O)c(N)n1. The standard InChI is InChI=1S/C20H23N5O4S/c1-11(26)29-17-10-25(19(28)18(21)24-17)9-12-6-7-14-16(8-12)30-20(23-14)22-13-4-2-3-5-15(13)27/h6-8,10,13,15,27H,2-5,9H2,1H3,(H2,21,24)(H,22,23)/t13-,15-/m1/s1. The van der Waals surface area contributed by atoms with E-state index in [4.69, 9.17) is 10.5 Å². The van der Waals surface area contributed by atoms with Crippen molar-refractivity contribution in [1.82, 2.24) is 14.5 Å². The second-order valence-corrected chi connectivity index (χ2v) is 8.45. The van der Waals surface area contributed by atoms with Crippen LogP contribution in [0.25, 0.3) is 10.2 Å². The van der Waals surface area contributed by atoms with Crippen LogP contribution < -0.4 is 21.3 Å². The van der Waals surface area contributed by atoms with Gasteiger partial charge in [0.05, 0.1) is 35.1 Å². The summed E-state index contributed by atoms with van der Waals surface area (Å²) < 4.78 is 7.29.